The van der Waals surface area contributed by atoms with Crippen molar-refractivity contribution in [2.24, 2.45) is 0 Å². The fraction of sp³-hybridized carbons (Fsp3) is 0.357. The number of benzene rings is 1. The Labute approximate surface area is 91.5 Å². The molecule has 0 aromatic heterocycles. The van der Waals surface area contributed by atoms with Crippen molar-refractivity contribution in [2.45, 2.75) is 32.6 Å². The molecular formula is C14H16O. The maximum Gasteiger partial charge on any atom is 0.134 e. The van der Waals surface area contributed by atoms with E-state index in [0.29, 0.717) is 25.0 Å². The number of ketones is 1. The summed E-state index contributed by atoms with van der Waals surface area (Å²) in [6.07, 6.45) is 2.77. The molecule has 15 heavy (non-hydrogen) atoms. The van der Waals surface area contributed by atoms with Gasteiger partial charge in [-0.25, -0.2) is 0 Å². The zero-order chi connectivity index (χ0) is 10.9. The van der Waals surface area contributed by atoms with Crippen molar-refractivity contribution < 1.29 is 4.79 Å². The molecule has 0 heterocycles. The topological polar surface area (TPSA) is 17.1 Å². The number of hydrogen-bond acceptors (Lipinski definition) is 1. The third kappa shape index (κ3) is 5.02. The minimum atomic E-state index is 0.307. The molecule has 0 amide bonds. The first-order valence-corrected chi connectivity index (χ1v) is 5.28. The van der Waals surface area contributed by atoms with Gasteiger partial charge in [-0.15, -0.1) is 11.8 Å². The highest BCUT2D eigenvalue weighted by molar-refractivity contribution is 5.78. The lowest BCUT2D eigenvalue weighted by Gasteiger charge is -1.99. The first-order chi connectivity index (χ1) is 7.33. The van der Waals surface area contributed by atoms with Crippen molar-refractivity contribution in [1.82, 2.24) is 0 Å². The van der Waals surface area contributed by atoms with Crippen LogP contribution in [-0.2, 0) is 11.2 Å². The van der Waals surface area contributed by atoms with Crippen molar-refractivity contribution in [3.05, 3.63) is 35.9 Å². The first kappa shape index (κ1) is 11.5. The fourth-order valence-corrected chi connectivity index (χ4v) is 1.38. The van der Waals surface area contributed by atoms with Crippen LogP contribution in [0.3, 0.4) is 0 Å². The minimum Gasteiger partial charge on any atom is -0.300 e. The lowest BCUT2D eigenvalue weighted by Crippen LogP contribution is -1.99. The van der Waals surface area contributed by atoms with Crippen LogP contribution in [0.1, 0.15) is 31.7 Å². The van der Waals surface area contributed by atoms with Crippen LogP contribution in [-0.4, -0.2) is 5.78 Å². The van der Waals surface area contributed by atoms with Crippen molar-refractivity contribution in [2.75, 3.05) is 0 Å². The van der Waals surface area contributed by atoms with E-state index >= 15 is 0 Å². The summed E-state index contributed by atoms with van der Waals surface area (Å²) in [6, 6.07) is 10.1. The van der Waals surface area contributed by atoms with Crippen molar-refractivity contribution in [1.29, 1.82) is 0 Å². The summed E-state index contributed by atoms with van der Waals surface area (Å²) in [7, 11) is 0. The summed E-state index contributed by atoms with van der Waals surface area (Å²) in [6.45, 7) is 1.80. The molecule has 0 saturated carbocycles. The Morgan fingerprint density at radius 3 is 2.60 bits per heavy atom. The molecule has 0 aliphatic heterocycles. The van der Waals surface area contributed by atoms with Gasteiger partial charge < -0.3 is 0 Å². The third-order valence-electron chi connectivity index (χ3n) is 2.24. The van der Waals surface area contributed by atoms with E-state index in [1.54, 1.807) is 6.92 Å². The molecule has 0 atom stereocenters. The van der Waals surface area contributed by atoms with Gasteiger partial charge in [-0.05, 0) is 18.9 Å². The van der Waals surface area contributed by atoms with Crippen LogP contribution in [0.25, 0.3) is 0 Å². The van der Waals surface area contributed by atoms with Crippen LogP contribution < -0.4 is 0 Å². The van der Waals surface area contributed by atoms with E-state index in [1.165, 1.54) is 5.56 Å². The highest BCUT2D eigenvalue weighted by atomic mass is 16.1. The average molecular weight is 200 g/mol. The Bertz CT molecular complexity index is 354. The molecule has 0 spiro atoms. The molecule has 1 aromatic rings. The summed E-state index contributed by atoms with van der Waals surface area (Å²) in [5.41, 5.74) is 1.23. The molecule has 0 aliphatic carbocycles. The smallest absolute Gasteiger partial charge is 0.134 e. The van der Waals surface area contributed by atoms with Crippen molar-refractivity contribution >= 4 is 5.78 Å². The number of rotatable bonds is 5. The monoisotopic (exact) mass is 200 g/mol. The maximum atomic E-state index is 11.4. The van der Waals surface area contributed by atoms with E-state index in [1.807, 2.05) is 18.2 Å². The van der Waals surface area contributed by atoms with E-state index in [9.17, 15) is 4.79 Å². The van der Waals surface area contributed by atoms with Gasteiger partial charge in [0.2, 0.25) is 0 Å². The molecule has 0 radical (unpaired) electrons. The number of aryl methyl sites for hydroxylation is 1. The molecule has 1 heteroatoms. The molecule has 0 aliphatic rings. The number of carbonyl (C=O) groups is 1. The highest BCUT2D eigenvalue weighted by Gasteiger charge is 2.00. The van der Waals surface area contributed by atoms with Crippen LogP contribution in [0.15, 0.2) is 30.3 Å². The largest absolute Gasteiger partial charge is 0.300 e. The molecule has 1 rings (SSSR count). The van der Waals surface area contributed by atoms with Crippen LogP contribution in [0.4, 0.5) is 0 Å². The Kier molecular flexibility index (Phi) is 5.25. The quantitative estimate of drug-likeness (QED) is 0.668. The third-order valence-corrected chi connectivity index (χ3v) is 2.24. The zero-order valence-corrected chi connectivity index (χ0v) is 9.12. The van der Waals surface area contributed by atoms with Crippen molar-refractivity contribution in [3.63, 3.8) is 0 Å². The molecular weight excluding hydrogens is 184 g/mol. The second-order valence-corrected chi connectivity index (χ2v) is 3.45. The van der Waals surface area contributed by atoms with Gasteiger partial charge in [-0.1, -0.05) is 30.3 Å². The van der Waals surface area contributed by atoms with Gasteiger partial charge >= 0.3 is 0 Å². The van der Waals surface area contributed by atoms with Crippen LogP contribution in [0, 0.1) is 11.8 Å². The Morgan fingerprint density at radius 1 is 1.20 bits per heavy atom. The van der Waals surface area contributed by atoms with E-state index < -0.39 is 0 Å². The molecule has 0 bridgehead atoms. The van der Waals surface area contributed by atoms with Gasteiger partial charge in [0.05, 0.1) is 0 Å². The average Bonchev–Trinajstić information content (AvgIpc) is 2.28. The highest BCUT2D eigenvalue weighted by Crippen LogP contribution is 2.04. The van der Waals surface area contributed by atoms with Gasteiger partial charge in [0.25, 0.3) is 0 Å². The molecule has 1 aromatic carbocycles. The predicted octanol–water partition coefficient (Wildman–Crippen LogP) is 2.99. The fourth-order valence-electron chi connectivity index (χ4n) is 1.38. The van der Waals surface area contributed by atoms with E-state index in [2.05, 4.69) is 24.0 Å². The van der Waals surface area contributed by atoms with Gasteiger partial charge in [0, 0.05) is 19.3 Å². The second kappa shape index (κ2) is 6.84. The van der Waals surface area contributed by atoms with Gasteiger partial charge in [0.1, 0.15) is 5.78 Å². The summed E-state index contributed by atoms with van der Waals surface area (Å²) in [5.74, 6) is 6.01. The number of hydrogen-bond donors (Lipinski definition) is 0. The Morgan fingerprint density at radius 2 is 1.93 bits per heavy atom. The normalized spacial score (nSPS) is 9.13. The summed E-state index contributed by atoms with van der Waals surface area (Å²) >= 11 is 0. The van der Waals surface area contributed by atoms with Crippen LogP contribution in [0.5, 0.6) is 0 Å². The molecule has 0 fully saturated rings. The molecule has 1 nitrogen and oxygen atoms in total. The van der Waals surface area contributed by atoms with Crippen LogP contribution in [0.2, 0.25) is 0 Å². The van der Waals surface area contributed by atoms with Crippen molar-refractivity contribution in [3.8, 4) is 11.8 Å². The van der Waals surface area contributed by atoms with E-state index in [4.69, 9.17) is 0 Å². The molecule has 0 N–H and O–H groups in total. The Hall–Kier alpha value is -1.55. The van der Waals surface area contributed by atoms with Gasteiger partial charge in [-0.3, -0.25) is 4.79 Å². The Balaban J connectivity index is 2.24. The zero-order valence-electron chi connectivity index (χ0n) is 9.12. The summed E-state index contributed by atoms with van der Waals surface area (Å²) in [5, 5.41) is 0. The summed E-state index contributed by atoms with van der Waals surface area (Å²) in [4.78, 5) is 11.4. The van der Waals surface area contributed by atoms with Gasteiger partial charge in [0.15, 0.2) is 0 Å². The van der Waals surface area contributed by atoms with Crippen LogP contribution >= 0.6 is 0 Å². The molecule has 0 saturated heterocycles. The lowest BCUT2D eigenvalue weighted by molar-refractivity contribution is -0.118. The number of carbonyl (C=O) groups excluding carboxylic acids is 1. The second-order valence-electron chi connectivity index (χ2n) is 3.45. The first-order valence-electron chi connectivity index (χ1n) is 5.28. The maximum absolute atomic E-state index is 11.4. The summed E-state index contributed by atoms with van der Waals surface area (Å²) < 4.78 is 0. The SMILES string of the molecule is CC#CCCC(=O)CCc1ccccc1. The van der Waals surface area contributed by atoms with E-state index in [-0.39, 0.29) is 0 Å². The molecule has 0 unspecified atom stereocenters. The minimum absolute atomic E-state index is 0.307. The molecule has 78 valence electrons. The lowest BCUT2D eigenvalue weighted by atomic mass is 10.1. The predicted molar refractivity (Wildman–Crippen MR) is 62.5 cm³/mol. The number of Topliss-reactive ketones (excluding diaryl/α,β-unsaturated/α-hetero) is 1. The van der Waals surface area contributed by atoms with Gasteiger partial charge in [-0.2, -0.15) is 0 Å². The van der Waals surface area contributed by atoms with E-state index in [0.717, 1.165) is 6.42 Å². The standard InChI is InChI=1S/C14H16O/c1-2-3-5-10-14(15)12-11-13-8-6-4-7-9-13/h4,6-9H,5,10-12H2,1H3.